The molecule has 1 aromatic rings. The van der Waals surface area contributed by atoms with Crippen LogP contribution in [0, 0.1) is 5.82 Å². The highest BCUT2D eigenvalue weighted by Crippen LogP contribution is 2.15. The van der Waals surface area contributed by atoms with Crippen LogP contribution in [0.4, 0.5) is 4.39 Å². The van der Waals surface area contributed by atoms with Crippen LogP contribution >= 0.6 is 0 Å². The molecule has 1 aromatic carbocycles. The highest BCUT2D eigenvalue weighted by molar-refractivity contribution is 5.20. The van der Waals surface area contributed by atoms with E-state index < -0.39 is 6.10 Å². The fourth-order valence-electron chi connectivity index (χ4n) is 1.50. The van der Waals surface area contributed by atoms with Gasteiger partial charge in [0, 0.05) is 25.3 Å². The number of halogens is 1. The molecular formula is C12H18FNO2. The summed E-state index contributed by atoms with van der Waals surface area (Å²) in [5.74, 6) is -0.233. The Bertz CT molecular complexity index is 320. The van der Waals surface area contributed by atoms with Crippen LogP contribution in [0.3, 0.4) is 0 Å². The summed E-state index contributed by atoms with van der Waals surface area (Å²) in [7, 11) is 1.53. The smallest absolute Gasteiger partial charge is 0.127 e. The van der Waals surface area contributed by atoms with Crippen LogP contribution in [0.15, 0.2) is 24.3 Å². The number of rotatable bonds is 6. The van der Waals surface area contributed by atoms with Crippen LogP contribution < -0.4 is 5.32 Å². The van der Waals surface area contributed by atoms with E-state index in [1.165, 1.54) is 13.2 Å². The molecule has 1 unspecified atom stereocenters. The van der Waals surface area contributed by atoms with Crippen molar-refractivity contribution >= 4 is 0 Å². The summed E-state index contributed by atoms with van der Waals surface area (Å²) < 4.78 is 18.2. The predicted octanol–water partition coefficient (Wildman–Crippen LogP) is 1.48. The molecule has 0 amide bonds. The molecule has 0 spiro atoms. The fraction of sp³-hybridized carbons (Fsp3) is 0.500. The van der Waals surface area contributed by atoms with Gasteiger partial charge in [0.1, 0.15) is 5.82 Å². The molecule has 1 rings (SSSR count). The molecule has 0 aliphatic rings. The van der Waals surface area contributed by atoms with Crippen molar-refractivity contribution in [2.75, 3.05) is 20.3 Å². The summed E-state index contributed by atoms with van der Waals surface area (Å²) in [5.41, 5.74) is 0.604. The van der Waals surface area contributed by atoms with Crippen molar-refractivity contribution < 1.29 is 14.2 Å². The van der Waals surface area contributed by atoms with Crippen LogP contribution in [-0.4, -0.2) is 31.5 Å². The Balaban J connectivity index is 2.46. The first kappa shape index (κ1) is 13.1. The van der Waals surface area contributed by atoms with Gasteiger partial charge in [0.05, 0.1) is 12.7 Å². The Labute approximate surface area is 95.2 Å². The molecule has 90 valence electrons. The highest BCUT2D eigenvalue weighted by Gasteiger charge is 2.11. The lowest BCUT2D eigenvalue weighted by Crippen LogP contribution is -2.32. The van der Waals surface area contributed by atoms with E-state index in [0.29, 0.717) is 12.1 Å². The maximum absolute atomic E-state index is 13.4. The van der Waals surface area contributed by atoms with Crippen LogP contribution in [0.5, 0.6) is 0 Å². The van der Waals surface area contributed by atoms with Crippen LogP contribution in [0.2, 0.25) is 0 Å². The largest absolute Gasteiger partial charge is 0.389 e. The van der Waals surface area contributed by atoms with Crippen molar-refractivity contribution in [1.29, 1.82) is 0 Å². The second kappa shape index (κ2) is 6.58. The second-order valence-corrected chi connectivity index (χ2v) is 3.76. The van der Waals surface area contributed by atoms with Gasteiger partial charge in [-0.05, 0) is 13.0 Å². The number of aliphatic hydroxyl groups is 1. The average Bonchev–Trinajstić information content (AvgIpc) is 2.27. The Morgan fingerprint density at radius 2 is 2.12 bits per heavy atom. The zero-order valence-corrected chi connectivity index (χ0v) is 9.61. The summed E-state index contributed by atoms with van der Waals surface area (Å²) in [5, 5.41) is 12.5. The minimum Gasteiger partial charge on any atom is -0.389 e. The minimum atomic E-state index is -0.570. The van der Waals surface area contributed by atoms with Crippen molar-refractivity contribution in [3.63, 3.8) is 0 Å². The molecular weight excluding hydrogens is 209 g/mol. The topological polar surface area (TPSA) is 41.5 Å². The lowest BCUT2D eigenvalue weighted by atomic mass is 10.1. The maximum atomic E-state index is 13.4. The molecule has 0 saturated carbocycles. The molecule has 2 N–H and O–H groups in total. The van der Waals surface area contributed by atoms with Crippen LogP contribution in [0.25, 0.3) is 0 Å². The molecule has 0 aliphatic heterocycles. The van der Waals surface area contributed by atoms with Gasteiger partial charge in [-0.25, -0.2) is 4.39 Å². The van der Waals surface area contributed by atoms with Crippen molar-refractivity contribution in [2.24, 2.45) is 0 Å². The van der Waals surface area contributed by atoms with Gasteiger partial charge in [-0.1, -0.05) is 18.2 Å². The van der Waals surface area contributed by atoms with Gasteiger partial charge in [-0.3, -0.25) is 0 Å². The van der Waals surface area contributed by atoms with Gasteiger partial charge in [0.15, 0.2) is 0 Å². The summed E-state index contributed by atoms with van der Waals surface area (Å²) in [4.78, 5) is 0. The average molecular weight is 227 g/mol. The monoisotopic (exact) mass is 227 g/mol. The van der Waals surface area contributed by atoms with Gasteiger partial charge in [-0.15, -0.1) is 0 Å². The summed E-state index contributed by atoms with van der Waals surface area (Å²) in [6, 6.07) is 6.48. The number of ether oxygens (including phenoxy) is 1. The van der Waals surface area contributed by atoms with E-state index in [-0.39, 0.29) is 18.5 Å². The molecule has 16 heavy (non-hydrogen) atoms. The van der Waals surface area contributed by atoms with Crippen LogP contribution in [0.1, 0.15) is 18.5 Å². The SMILES string of the molecule is COCC(O)CN[C@H](C)c1ccccc1F. The molecule has 2 atom stereocenters. The number of aliphatic hydroxyl groups excluding tert-OH is 1. The normalized spacial score (nSPS) is 14.8. The van der Waals surface area contributed by atoms with E-state index in [1.807, 2.05) is 6.92 Å². The molecule has 0 radical (unpaired) electrons. The van der Waals surface area contributed by atoms with E-state index in [9.17, 15) is 9.50 Å². The van der Waals surface area contributed by atoms with E-state index in [1.54, 1.807) is 18.2 Å². The Hall–Kier alpha value is -0.970. The number of benzene rings is 1. The van der Waals surface area contributed by atoms with E-state index >= 15 is 0 Å². The first-order valence-corrected chi connectivity index (χ1v) is 5.30. The van der Waals surface area contributed by atoms with E-state index in [4.69, 9.17) is 4.74 Å². The fourth-order valence-corrected chi connectivity index (χ4v) is 1.50. The quantitative estimate of drug-likeness (QED) is 0.773. The molecule has 0 aromatic heterocycles. The zero-order valence-electron chi connectivity index (χ0n) is 9.61. The van der Waals surface area contributed by atoms with Gasteiger partial charge >= 0.3 is 0 Å². The molecule has 0 saturated heterocycles. The third-order valence-corrected chi connectivity index (χ3v) is 2.39. The summed E-state index contributed by atoms with van der Waals surface area (Å²) >= 11 is 0. The molecule has 0 aliphatic carbocycles. The van der Waals surface area contributed by atoms with Gasteiger partial charge in [-0.2, -0.15) is 0 Å². The second-order valence-electron chi connectivity index (χ2n) is 3.76. The third kappa shape index (κ3) is 3.89. The van der Waals surface area contributed by atoms with E-state index in [2.05, 4.69) is 5.32 Å². The van der Waals surface area contributed by atoms with Gasteiger partial charge in [0.2, 0.25) is 0 Å². The Morgan fingerprint density at radius 1 is 1.44 bits per heavy atom. The number of hydrogen-bond acceptors (Lipinski definition) is 3. The maximum Gasteiger partial charge on any atom is 0.127 e. The number of nitrogens with one attached hydrogen (secondary N) is 1. The molecule has 4 heteroatoms. The molecule has 0 bridgehead atoms. The third-order valence-electron chi connectivity index (χ3n) is 2.39. The lowest BCUT2D eigenvalue weighted by Gasteiger charge is -2.17. The standard InChI is InChI=1S/C12H18FNO2/c1-9(14-7-10(15)8-16-2)11-5-3-4-6-12(11)13/h3-6,9-10,14-15H,7-8H2,1-2H3/t9-,10?/m1/s1. The number of hydrogen-bond donors (Lipinski definition) is 2. The minimum absolute atomic E-state index is 0.132. The van der Waals surface area contributed by atoms with Crippen molar-refractivity contribution in [2.45, 2.75) is 19.1 Å². The summed E-state index contributed by atoms with van der Waals surface area (Å²) in [6.07, 6.45) is -0.570. The Morgan fingerprint density at radius 3 is 2.75 bits per heavy atom. The predicted molar refractivity (Wildman–Crippen MR) is 60.7 cm³/mol. The highest BCUT2D eigenvalue weighted by atomic mass is 19.1. The molecule has 0 heterocycles. The van der Waals surface area contributed by atoms with Crippen molar-refractivity contribution in [1.82, 2.24) is 5.32 Å². The van der Waals surface area contributed by atoms with Gasteiger partial charge < -0.3 is 15.2 Å². The first-order valence-electron chi connectivity index (χ1n) is 5.30. The van der Waals surface area contributed by atoms with Crippen molar-refractivity contribution in [3.05, 3.63) is 35.6 Å². The first-order chi connectivity index (χ1) is 7.65. The lowest BCUT2D eigenvalue weighted by molar-refractivity contribution is 0.0630. The van der Waals surface area contributed by atoms with Gasteiger partial charge in [0.25, 0.3) is 0 Å². The molecule has 3 nitrogen and oxygen atoms in total. The van der Waals surface area contributed by atoms with E-state index in [0.717, 1.165) is 0 Å². The Kier molecular flexibility index (Phi) is 5.38. The zero-order chi connectivity index (χ0) is 12.0. The van der Waals surface area contributed by atoms with Crippen molar-refractivity contribution in [3.8, 4) is 0 Å². The summed E-state index contributed by atoms with van der Waals surface area (Å²) in [6.45, 7) is 2.51. The molecule has 0 fully saturated rings. The number of methoxy groups -OCH3 is 1. The van der Waals surface area contributed by atoms with Crippen LogP contribution in [-0.2, 0) is 4.74 Å².